The first-order valence-electron chi connectivity index (χ1n) is 11.4. The van der Waals surface area contributed by atoms with Crippen LogP contribution in [0.15, 0.2) is 54.6 Å². The third kappa shape index (κ3) is 5.56. The van der Waals surface area contributed by atoms with Crippen molar-refractivity contribution in [1.82, 2.24) is 14.7 Å². The highest BCUT2D eigenvalue weighted by Crippen LogP contribution is 2.36. The van der Waals surface area contributed by atoms with Gasteiger partial charge in [0.1, 0.15) is 17.3 Å². The van der Waals surface area contributed by atoms with Crippen LogP contribution in [-0.4, -0.2) is 39.0 Å². The van der Waals surface area contributed by atoms with Gasteiger partial charge in [0.25, 0.3) is 0 Å². The van der Waals surface area contributed by atoms with Crippen LogP contribution in [0, 0.1) is 17.7 Å². The molecular formula is C26H32FN3O2. The fourth-order valence-corrected chi connectivity index (χ4v) is 3.83. The van der Waals surface area contributed by atoms with Crippen LogP contribution in [0.4, 0.5) is 4.39 Å². The normalized spacial score (nSPS) is 14.8. The third-order valence-corrected chi connectivity index (χ3v) is 5.97. The van der Waals surface area contributed by atoms with Gasteiger partial charge in [-0.15, -0.1) is 0 Å². The number of hydrogen-bond acceptors (Lipinski definition) is 4. The SMILES string of the molecule is CC(C)[C@@H](O)CN(Cc1c(-c2ccccc2)nn(C)c1Oc1ccc(F)cc1)CC1CC1. The van der Waals surface area contributed by atoms with Crippen molar-refractivity contribution >= 4 is 0 Å². The van der Waals surface area contributed by atoms with Crippen molar-refractivity contribution in [2.75, 3.05) is 13.1 Å². The van der Waals surface area contributed by atoms with Gasteiger partial charge in [0, 0.05) is 32.2 Å². The predicted octanol–water partition coefficient (Wildman–Crippen LogP) is 5.25. The second-order valence-electron chi connectivity index (χ2n) is 9.13. The van der Waals surface area contributed by atoms with E-state index in [-0.39, 0.29) is 11.7 Å². The first-order valence-corrected chi connectivity index (χ1v) is 11.4. The summed E-state index contributed by atoms with van der Waals surface area (Å²) in [6, 6.07) is 16.1. The zero-order valence-electron chi connectivity index (χ0n) is 19.0. The van der Waals surface area contributed by atoms with Crippen molar-refractivity contribution in [3.8, 4) is 22.9 Å². The lowest BCUT2D eigenvalue weighted by molar-refractivity contribution is 0.0709. The Morgan fingerprint density at radius 2 is 1.81 bits per heavy atom. The summed E-state index contributed by atoms with van der Waals surface area (Å²) in [7, 11) is 1.86. The molecule has 1 fully saturated rings. The highest BCUT2D eigenvalue weighted by Gasteiger charge is 2.29. The lowest BCUT2D eigenvalue weighted by atomic mass is 10.0. The lowest BCUT2D eigenvalue weighted by Crippen LogP contribution is -2.36. The topological polar surface area (TPSA) is 50.5 Å². The summed E-state index contributed by atoms with van der Waals surface area (Å²) in [5.74, 6) is 1.77. The molecular weight excluding hydrogens is 405 g/mol. The third-order valence-electron chi connectivity index (χ3n) is 5.97. The number of aryl methyl sites for hydroxylation is 1. The molecule has 170 valence electrons. The van der Waals surface area contributed by atoms with Gasteiger partial charge in [-0.25, -0.2) is 9.07 Å². The zero-order valence-corrected chi connectivity index (χ0v) is 19.0. The molecule has 2 aromatic carbocycles. The molecule has 1 N–H and O–H groups in total. The Labute approximate surface area is 189 Å². The summed E-state index contributed by atoms with van der Waals surface area (Å²) in [5, 5.41) is 15.4. The Balaban J connectivity index is 1.69. The van der Waals surface area contributed by atoms with Crippen LogP contribution < -0.4 is 4.74 Å². The Hall–Kier alpha value is -2.70. The van der Waals surface area contributed by atoms with Gasteiger partial charge in [-0.05, 0) is 48.9 Å². The summed E-state index contributed by atoms with van der Waals surface area (Å²) < 4.78 is 21.4. The monoisotopic (exact) mass is 437 g/mol. The van der Waals surface area contributed by atoms with Gasteiger partial charge in [-0.2, -0.15) is 5.10 Å². The Kier molecular flexibility index (Phi) is 6.92. The Morgan fingerprint density at radius 3 is 2.44 bits per heavy atom. The maximum Gasteiger partial charge on any atom is 0.222 e. The molecule has 6 heteroatoms. The van der Waals surface area contributed by atoms with E-state index in [9.17, 15) is 9.50 Å². The molecule has 1 atom stereocenters. The molecule has 32 heavy (non-hydrogen) atoms. The highest BCUT2D eigenvalue weighted by molar-refractivity contribution is 5.65. The molecule has 0 bridgehead atoms. The maximum absolute atomic E-state index is 13.4. The number of benzene rings is 2. The van der Waals surface area contributed by atoms with E-state index >= 15 is 0 Å². The summed E-state index contributed by atoms with van der Waals surface area (Å²) in [4.78, 5) is 2.32. The summed E-state index contributed by atoms with van der Waals surface area (Å²) in [6.07, 6.45) is 2.09. The van der Waals surface area contributed by atoms with Crippen LogP contribution in [0.3, 0.4) is 0 Å². The summed E-state index contributed by atoms with van der Waals surface area (Å²) in [6.45, 7) is 6.26. The van der Waals surface area contributed by atoms with E-state index in [4.69, 9.17) is 9.84 Å². The molecule has 0 amide bonds. The standard InChI is InChI=1S/C26H32FN3O2/c1-18(2)24(31)17-30(15-19-9-10-19)16-23-25(20-7-5-4-6-8-20)28-29(3)26(23)32-22-13-11-21(27)12-14-22/h4-8,11-14,18-19,24,31H,9-10,15-17H2,1-3H3/t24-/m0/s1. The molecule has 4 rings (SSSR count). The average molecular weight is 438 g/mol. The van der Waals surface area contributed by atoms with Crippen molar-refractivity contribution in [3.05, 3.63) is 66.0 Å². The van der Waals surface area contributed by atoms with Crippen molar-refractivity contribution in [3.63, 3.8) is 0 Å². The minimum Gasteiger partial charge on any atom is -0.439 e. The fourth-order valence-electron chi connectivity index (χ4n) is 3.83. The maximum atomic E-state index is 13.4. The number of halogens is 1. The van der Waals surface area contributed by atoms with E-state index in [2.05, 4.69) is 4.90 Å². The number of nitrogens with zero attached hydrogens (tertiary/aromatic N) is 3. The number of rotatable bonds is 10. The van der Waals surface area contributed by atoms with Gasteiger partial charge in [-0.1, -0.05) is 44.2 Å². The largest absolute Gasteiger partial charge is 0.439 e. The van der Waals surface area contributed by atoms with Crippen molar-refractivity contribution in [2.45, 2.75) is 39.3 Å². The smallest absolute Gasteiger partial charge is 0.222 e. The van der Waals surface area contributed by atoms with Crippen LogP contribution in [-0.2, 0) is 13.6 Å². The average Bonchev–Trinajstić information content (AvgIpc) is 3.54. The molecule has 0 saturated heterocycles. The molecule has 5 nitrogen and oxygen atoms in total. The first-order chi connectivity index (χ1) is 15.4. The van der Waals surface area contributed by atoms with Gasteiger partial charge in [-0.3, -0.25) is 4.90 Å². The molecule has 0 unspecified atom stereocenters. The minimum atomic E-state index is -0.396. The Morgan fingerprint density at radius 1 is 1.12 bits per heavy atom. The second kappa shape index (κ2) is 9.84. The minimum absolute atomic E-state index is 0.189. The van der Waals surface area contributed by atoms with E-state index < -0.39 is 6.10 Å². The van der Waals surface area contributed by atoms with Gasteiger partial charge < -0.3 is 9.84 Å². The van der Waals surface area contributed by atoms with E-state index in [0.717, 1.165) is 23.4 Å². The van der Waals surface area contributed by atoms with Crippen LogP contribution >= 0.6 is 0 Å². The first kappa shape index (κ1) is 22.5. The van der Waals surface area contributed by atoms with Gasteiger partial charge >= 0.3 is 0 Å². The van der Waals surface area contributed by atoms with Crippen LogP contribution in [0.25, 0.3) is 11.3 Å². The number of hydrogen-bond donors (Lipinski definition) is 1. The van der Waals surface area contributed by atoms with Crippen LogP contribution in [0.2, 0.25) is 0 Å². The van der Waals surface area contributed by atoms with Gasteiger partial charge in [0.15, 0.2) is 0 Å². The van der Waals surface area contributed by atoms with E-state index in [0.29, 0.717) is 30.6 Å². The van der Waals surface area contributed by atoms with E-state index in [1.54, 1.807) is 16.8 Å². The van der Waals surface area contributed by atoms with Crippen molar-refractivity contribution in [1.29, 1.82) is 0 Å². The lowest BCUT2D eigenvalue weighted by Gasteiger charge is -2.27. The van der Waals surface area contributed by atoms with Crippen LogP contribution in [0.1, 0.15) is 32.3 Å². The molecule has 1 saturated carbocycles. The van der Waals surface area contributed by atoms with Gasteiger partial charge in [0.05, 0.1) is 11.7 Å². The molecule has 3 aromatic rings. The molecule has 0 radical (unpaired) electrons. The van der Waals surface area contributed by atoms with Crippen molar-refractivity contribution in [2.24, 2.45) is 18.9 Å². The molecule has 1 aromatic heterocycles. The fraction of sp³-hybridized carbons (Fsp3) is 0.423. The molecule has 1 aliphatic carbocycles. The molecule has 1 aliphatic rings. The predicted molar refractivity (Wildman–Crippen MR) is 124 cm³/mol. The number of aromatic nitrogens is 2. The Bertz CT molecular complexity index is 1010. The molecule has 0 spiro atoms. The number of ether oxygens (including phenoxy) is 1. The second-order valence-corrected chi connectivity index (χ2v) is 9.13. The summed E-state index contributed by atoms with van der Waals surface area (Å²) >= 11 is 0. The van der Waals surface area contributed by atoms with Gasteiger partial charge in [0.2, 0.25) is 5.88 Å². The molecule has 1 heterocycles. The van der Waals surface area contributed by atoms with Crippen LogP contribution in [0.5, 0.6) is 11.6 Å². The summed E-state index contributed by atoms with van der Waals surface area (Å²) in [5.41, 5.74) is 2.85. The quantitative estimate of drug-likeness (QED) is 0.471. The van der Waals surface area contributed by atoms with E-state index in [1.165, 1.54) is 25.0 Å². The van der Waals surface area contributed by atoms with Crippen molar-refractivity contribution < 1.29 is 14.2 Å². The molecule has 0 aliphatic heterocycles. The van der Waals surface area contributed by atoms with E-state index in [1.807, 2.05) is 51.2 Å². The number of aliphatic hydroxyl groups excluding tert-OH is 1. The zero-order chi connectivity index (χ0) is 22.7. The highest BCUT2D eigenvalue weighted by atomic mass is 19.1. The number of aliphatic hydroxyl groups is 1.